The number of rotatable bonds is 3. The van der Waals surface area contributed by atoms with E-state index in [1.165, 1.54) is 6.33 Å². The van der Waals surface area contributed by atoms with Crippen molar-refractivity contribution in [3.05, 3.63) is 12.2 Å². The van der Waals surface area contributed by atoms with Crippen LogP contribution in [0.4, 0.5) is 0 Å². The van der Waals surface area contributed by atoms with Crippen LogP contribution in [0, 0.1) is 5.92 Å². The summed E-state index contributed by atoms with van der Waals surface area (Å²) in [7, 11) is 0. The molecule has 2 rings (SSSR count). The lowest BCUT2D eigenvalue weighted by Gasteiger charge is -2.29. The second kappa shape index (κ2) is 4.52. The first kappa shape index (κ1) is 9.61. The van der Waals surface area contributed by atoms with Crippen molar-refractivity contribution in [3.63, 3.8) is 0 Å². The Morgan fingerprint density at radius 1 is 1.50 bits per heavy atom. The summed E-state index contributed by atoms with van der Waals surface area (Å²) in [6, 6.07) is 0. The minimum absolute atomic E-state index is 0.314. The van der Waals surface area contributed by atoms with Crippen molar-refractivity contribution in [2.24, 2.45) is 5.92 Å². The Hall–Kier alpha value is -0.940. The minimum atomic E-state index is 0.314. The third kappa shape index (κ3) is 2.30. The van der Waals surface area contributed by atoms with Crippen LogP contribution in [0.2, 0.25) is 0 Å². The maximum atomic E-state index is 8.97. The summed E-state index contributed by atoms with van der Waals surface area (Å²) in [5, 5.41) is 12.5. The van der Waals surface area contributed by atoms with Crippen LogP contribution in [-0.2, 0) is 6.54 Å². The van der Waals surface area contributed by atoms with Crippen molar-refractivity contribution in [2.45, 2.75) is 19.4 Å². The molecule has 0 spiro atoms. The lowest BCUT2D eigenvalue weighted by atomic mass is 9.98. The van der Waals surface area contributed by atoms with E-state index >= 15 is 0 Å². The van der Waals surface area contributed by atoms with Gasteiger partial charge in [0.15, 0.2) is 6.33 Å². The van der Waals surface area contributed by atoms with Gasteiger partial charge in [0.05, 0.1) is 6.54 Å². The molecule has 1 aromatic heterocycles. The topological polar surface area (TPSA) is 62.4 Å². The number of likely N-dealkylation sites (tertiary alicyclic amines) is 1. The number of hydrogen-bond acceptors (Lipinski definition) is 5. The molecule has 14 heavy (non-hydrogen) atoms. The van der Waals surface area contributed by atoms with Crippen molar-refractivity contribution in [3.8, 4) is 0 Å². The van der Waals surface area contributed by atoms with E-state index in [2.05, 4.69) is 15.0 Å². The van der Waals surface area contributed by atoms with Gasteiger partial charge in [0.1, 0.15) is 0 Å². The summed E-state index contributed by atoms with van der Waals surface area (Å²) in [6.07, 6.45) is 3.55. The molecule has 1 aromatic rings. The van der Waals surface area contributed by atoms with E-state index in [0.29, 0.717) is 18.4 Å². The molecule has 0 radical (unpaired) electrons. The van der Waals surface area contributed by atoms with Gasteiger partial charge in [-0.3, -0.25) is 4.90 Å². The number of aliphatic hydroxyl groups is 1. The van der Waals surface area contributed by atoms with Gasteiger partial charge in [-0.15, -0.1) is 0 Å². The minimum Gasteiger partial charge on any atom is -0.396 e. The van der Waals surface area contributed by atoms with Gasteiger partial charge < -0.3 is 9.63 Å². The van der Waals surface area contributed by atoms with Crippen LogP contribution in [-0.4, -0.2) is 39.8 Å². The first-order chi connectivity index (χ1) is 6.88. The Morgan fingerprint density at radius 2 is 2.29 bits per heavy atom. The number of hydrogen-bond donors (Lipinski definition) is 1. The van der Waals surface area contributed by atoms with Gasteiger partial charge in [-0.2, -0.15) is 4.98 Å². The van der Waals surface area contributed by atoms with E-state index < -0.39 is 0 Å². The fourth-order valence-corrected chi connectivity index (χ4v) is 1.78. The zero-order valence-electron chi connectivity index (χ0n) is 8.09. The maximum Gasteiger partial charge on any atom is 0.240 e. The molecule has 0 unspecified atom stereocenters. The monoisotopic (exact) mass is 197 g/mol. The summed E-state index contributed by atoms with van der Waals surface area (Å²) in [6.45, 7) is 3.06. The van der Waals surface area contributed by atoms with Crippen LogP contribution in [0.3, 0.4) is 0 Å². The number of aromatic nitrogens is 2. The summed E-state index contributed by atoms with van der Waals surface area (Å²) >= 11 is 0. The molecular formula is C9H15N3O2. The van der Waals surface area contributed by atoms with Crippen molar-refractivity contribution in [1.82, 2.24) is 15.0 Å². The Kier molecular flexibility index (Phi) is 3.10. The zero-order chi connectivity index (χ0) is 9.80. The van der Waals surface area contributed by atoms with Crippen LogP contribution in [0.15, 0.2) is 10.9 Å². The molecule has 5 nitrogen and oxygen atoms in total. The van der Waals surface area contributed by atoms with E-state index in [-0.39, 0.29) is 0 Å². The van der Waals surface area contributed by atoms with Gasteiger partial charge >= 0.3 is 0 Å². The van der Waals surface area contributed by atoms with Crippen molar-refractivity contribution in [1.29, 1.82) is 0 Å². The molecule has 1 aliphatic rings. The van der Waals surface area contributed by atoms with Gasteiger partial charge in [-0.1, -0.05) is 5.16 Å². The van der Waals surface area contributed by atoms with E-state index in [4.69, 9.17) is 9.63 Å². The quantitative estimate of drug-likeness (QED) is 0.753. The predicted molar refractivity (Wildman–Crippen MR) is 49.4 cm³/mol. The lowest BCUT2D eigenvalue weighted by molar-refractivity contribution is 0.119. The first-order valence-electron chi connectivity index (χ1n) is 4.97. The standard InChI is InChI=1S/C9H15N3O2/c13-6-8-1-3-12(4-2-8)5-9-10-7-11-14-9/h7-8,13H,1-6H2. The second-order valence-electron chi connectivity index (χ2n) is 3.74. The molecule has 0 amide bonds. The van der Waals surface area contributed by atoms with Crippen LogP contribution in [0.1, 0.15) is 18.7 Å². The third-order valence-electron chi connectivity index (χ3n) is 2.73. The summed E-state index contributed by atoms with van der Waals surface area (Å²) in [5.74, 6) is 1.15. The second-order valence-corrected chi connectivity index (χ2v) is 3.74. The van der Waals surface area contributed by atoms with Gasteiger partial charge in [0.2, 0.25) is 5.89 Å². The molecule has 0 aromatic carbocycles. The highest BCUT2D eigenvalue weighted by molar-refractivity contribution is 4.78. The number of piperidine rings is 1. The number of nitrogens with zero attached hydrogens (tertiary/aromatic N) is 3. The fraction of sp³-hybridized carbons (Fsp3) is 0.778. The van der Waals surface area contributed by atoms with Crippen LogP contribution in [0.5, 0.6) is 0 Å². The smallest absolute Gasteiger partial charge is 0.240 e. The van der Waals surface area contributed by atoms with Gasteiger partial charge in [-0.05, 0) is 31.8 Å². The van der Waals surface area contributed by atoms with E-state index in [1.807, 2.05) is 0 Å². The van der Waals surface area contributed by atoms with Gasteiger partial charge in [-0.25, -0.2) is 0 Å². The molecule has 78 valence electrons. The maximum absolute atomic E-state index is 8.97. The highest BCUT2D eigenvalue weighted by atomic mass is 16.5. The van der Waals surface area contributed by atoms with E-state index in [9.17, 15) is 0 Å². The van der Waals surface area contributed by atoms with Gasteiger partial charge in [0, 0.05) is 6.61 Å². The van der Waals surface area contributed by atoms with Crippen LogP contribution in [0.25, 0.3) is 0 Å². The first-order valence-corrected chi connectivity index (χ1v) is 4.97. The Labute approximate surface area is 82.7 Å². The molecular weight excluding hydrogens is 182 g/mol. The summed E-state index contributed by atoms with van der Waals surface area (Å²) < 4.78 is 4.94. The largest absolute Gasteiger partial charge is 0.396 e. The predicted octanol–water partition coefficient (Wildman–Crippen LogP) is 0.274. The third-order valence-corrected chi connectivity index (χ3v) is 2.73. The molecule has 5 heteroatoms. The van der Waals surface area contributed by atoms with E-state index in [1.54, 1.807) is 0 Å². The van der Waals surface area contributed by atoms with Gasteiger partial charge in [0.25, 0.3) is 0 Å². The Bertz CT molecular complexity index is 255. The average molecular weight is 197 g/mol. The molecule has 2 heterocycles. The summed E-state index contributed by atoms with van der Waals surface area (Å²) in [5.41, 5.74) is 0. The highest BCUT2D eigenvalue weighted by Crippen LogP contribution is 2.17. The molecule has 1 saturated heterocycles. The van der Waals surface area contributed by atoms with Crippen LogP contribution < -0.4 is 0 Å². The molecule has 1 N–H and O–H groups in total. The van der Waals surface area contributed by atoms with Crippen molar-refractivity contribution >= 4 is 0 Å². The molecule has 0 atom stereocenters. The Morgan fingerprint density at radius 3 is 2.86 bits per heavy atom. The van der Waals surface area contributed by atoms with Crippen LogP contribution >= 0.6 is 0 Å². The fourth-order valence-electron chi connectivity index (χ4n) is 1.78. The molecule has 0 aliphatic carbocycles. The number of aliphatic hydroxyl groups excluding tert-OH is 1. The van der Waals surface area contributed by atoms with Crippen molar-refractivity contribution in [2.75, 3.05) is 19.7 Å². The summed E-state index contributed by atoms with van der Waals surface area (Å²) in [4.78, 5) is 6.26. The molecule has 1 fully saturated rings. The zero-order valence-corrected chi connectivity index (χ0v) is 8.09. The Balaban J connectivity index is 1.79. The molecule has 0 saturated carbocycles. The normalized spacial score (nSPS) is 20.1. The lowest BCUT2D eigenvalue weighted by Crippen LogP contribution is -2.34. The average Bonchev–Trinajstić information content (AvgIpc) is 2.72. The highest BCUT2D eigenvalue weighted by Gasteiger charge is 2.19. The van der Waals surface area contributed by atoms with Crippen molar-refractivity contribution < 1.29 is 9.63 Å². The van der Waals surface area contributed by atoms with E-state index in [0.717, 1.165) is 32.5 Å². The molecule has 1 aliphatic heterocycles. The SMILES string of the molecule is OCC1CCN(Cc2ncno2)CC1. The molecule has 0 bridgehead atoms.